The molecule has 6 aliphatic heterocycles. The van der Waals surface area contributed by atoms with E-state index in [1.165, 1.54) is 0 Å². The van der Waals surface area contributed by atoms with Crippen molar-refractivity contribution in [3.05, 3.63) is 48.0 Å². The van der Waals surface area contributed by atoms with Crippen molar-refractivity contribution in [3.8, 4) is 11.1 Å². The molecule has 0 fully saturated rings. The molecule has 0 saturated heterocycles. The third-order valence-corrected chi connectivity index (χ3v) is 9.81. The molecule has 1 aromatic heterocycles. The van der Waals surface area contributed by atoms with Crippen LogP contribution in [0, 0.1) is 21.7 Å². The van der Waals surface area contributed by atoms with Crippen LogP contribution in [0.25, 0.3) is 11.1 Å². The summed E-state index contributed by atoms with van der Waals surface area (Å²) in [5.41, 5.74) is 1.94. The van der Waals surface area contributed by atoms with Gasteiger partial charge in [-0.1, -0.05) is 55.4 Å². The number of hydrogen-bond donors (Lipinski definition) is 2. The topological polar surface area (TPSA) is 128 Å². The fourth-order valence-electron chi connectivity index (χ4n) is 5.39. The average molecular weight is 533 g/mol. The number of nitrogens with zero attached hydrogens (tertiary/aromatic N) is 8. The van der Waals surface area contributed by atoms with Crippen molar-refractivity contribution in [2.45, 2.75) is 55.4 Å². The molecule has 7 heterocycles. The van der Waals surface area contributed by atoms with E-state index in [1.807, 2.05) is 24.5 Å². The van der Waals surface area contributed by atoms with Crippen molar-refractivity contribution < 1.29 is 0 Å². The van der Waals surface area contributed by atoms with E-state index in [0.29, 0.717) is 35.0 Å². The smallest absolute Gasteiger partial charge is 0.166 e. The Morgan fingerprint density at radius 2 is 1.20 bits per heavy atom. The molecule has 6 aliphatic rings. The van der Waals surface area contributed by atoms with Gasteiger partial charge >= 0.3 is 0 Å². The summed E-state index contributed by atoms with van der Waals surface area (Å²) in [7, 11) is 0. The molecule has 8 bridgehead atoms. The zero-order valence-corrected chi connectivity index (χ0v) is 24.0. The summed E-state index contributed by atoms with van der Waals surface area (Å²) >= 11 is 0. The third kappa shape index (κ3) is 3.10. The van der Waals surface area contributed by atoms with Crippen molar-refractivity contribution in [3.63, 3.8) is 0 Å². The Morgan fingerprint density at radius 3 is 1.90 bits per heavy atom. The standard InChI is InChI=1S/C30H32N10/c1-27(2)23-36-19-15-9-11-31-13-17(15)21(33-19)35-22-18-14-32-12-10-16(18)20(34-22)37-24-28(3,4)30(7,8)26(39-24)40-25(38-23)29(27,5)6/h9-14,31H,1-8H3,(H,33,34,35,36,37,38,39,40). The van der Waals surface area contributed by atoms with Crippen LogP contribution in [0.15, 0.2) is 66.9 Å². The Morgan fingerprint density at radius 1 is 0.575 bits per heavy atom. The maximum Gasteiger partial charge on any atom is 0.166 e. The minimum absolute atomic E-state index is 0.350. The second kappa shape index (κ2) is 7.65. The van der Waals surface area contributed by atoms with E-state index in [2.05, 4.69) is 70.7 Å². The van der Waals surface area contributed by atoms with E-state index in [0.717, 1.165) is 33.9 Å². The van der Waals surface area contributed by atoms with Crippen LogP contribution in [0.2, 0.25) is 0 Å². The molecule has 0 aliphatic carbocycles. The third-order valence-electron chi connectivity index (χ3n) is 9.81. The number of nitrogens with one attached hydrogen (secondary N) is 2. The second-order valence-electron chi connectivity index (χ2n) is 12.9. The molecule has 40 heavy (non-hydrogen) atoms. The molecule has 0 radical (unpaired) electrons. The second-order valence-corrected chi connectivity index (χ2v) is 12.9. The Bertz CT molecular complexity index is 1770. The van der Waals surface area contributed by atoms with E-state index in [4.69, 9.17) is 34.9 Å². The lowest BCUT2D eigenvalue weighted by Gasteiger charge is -2.38. The molecule has 0 unspecified atom stereocenters. The van der Waals surface area contributed by atoms with E-state index in [-0.39, 0.29) is 21.7 Å². The maximum atomic E-state index is 5.09. The van der Waals surface area contributed by atoms with Gasteiger partial charge in [0.05, 0.1) is 0 Å². The van der Waals surface area contributed by atoms with Crippen molar-refractivity contribution in [1.29, 1.82) is 0 Å². The van der Waals surface area contributed by atoms with Gasteiger partial charge in [0.1, 0.15) is 23.3 Å². The van der Waals surface area contributed by atoms with Gasteiger partial charge in [-0.05, 0) is 12.1 Å². The van der Waals surface area contributed by atoms with Gasteiger partial charge in [-0.25, -0.2) is 34.9 Å². The van der Waals surface area contributed by atoms with E-state index in [9.17, 15) is 0 Å². The van der Waals surface area contributed by atoms with Gasteiger partial charge in [0.2, 0.25) is 0 Å². The first-order chi connectivity index (χ1) is 18.8. The van der Waals surface area contributed by atoms with E-state index < -0.39 is 0 Å². The van der Waals surface area contributed by atoms with Gasteiger partial charge in [0.15, 0.2) is 23.3 Å². The minimum Gasteiger partial charge on any atom is -0.367 e. The highest BCUT2D eigenvalue weighted by Gasteiger charge is 2.55. The van der Waals surface area contributed by atoms with Gasteiger partial charge in [-0.15, -0.1) is 0 Å². The molecule has 0 aromatic carbocycles. The molecule has 0 atom stereocenters. The number of pyridine rings is 2. The fraction of sp³-hybridized carbons (Fsp3) is 0.400. The lowest BCUT2D eigenvalue weighted by molar-refractivity contribution is 0.284. The molecule has 2 N–H and O–H groups in total. The lowest BCUT2D eigenvalue weighted by atomic mass is 9.67. The minimum atomic E-state index is -0.386. The molecule has 10 heteroatoms. The van der Waals surface area contributed by atoms with Gasteiger partial charge < -0.3 is 10.3 Å². The van der Waals surface area contributed by atoms with Crippen LogP contribution in [0.1, 0.15) is 66.5 Å². The maximum absolute atomic E-state index is 5.09. The Hall–Kier alpha value is -4.34. The number of aliphatic imine (C=N–C) groups is 6. The zero-order chi connectivity index (χ0) is 28.2. The zero-order valence-electron chi connectivity index (χ0n) is 24.0. The number of fused-ring (bicyclic) bond motifs is 11. The summed E-state index contributed by atoms with van der Waals surface area (Å²) < 4.78 is 0. The van der Waals surface area contributed by atoms with Crippen molar-refractivity contribution in [1.82, 2.24) is 20.3 Å². The Labute approximate surface area is 233 Å². The molecule has 7 rings (SSSR count). The normalized spacial score (nSPS) is 22.9. The molecule has 0 amide bonds. The molecule has 10 nitrogen and oxygen atoms in total. The Balaban J connectivity index is 1.54. The van der Waals surface area contributed by atoms with Crippen LogP contribution in [0.4, 0.5) is 11.6 Å². The summed E-state index contributed by atoms with van der Waals surface area (Å²) in [6.45, 7) is 17.5. The molecule has 0 spiro atoms. The highest BCUT2D eigenvalue weighted by atomic mass is 15.2. The van der Waals surface area contributed by atoms with Gasteiger partial charge in [-0.3, -0.25) is 4.98 Å². The number of aromatic amines is 1. The highest BCUT2D eigenvalue weighted by Crippen LogP contribution is 2.50. The van der Waals surface area contributed by atoms with E-state index in [1.54, 1.807) is 12.4 Å². The average Bonchev–Trinajstić information content (AvgIpc) is 3.52. The highest BCUT2D eigenvalue weighted by molar-refractivity contribution is 6.27. The van der Waals surface area contributed by atoms with Gasteiger partial charge in [0, 0.05) is 68.7 Å². The molecular formula is C30H32N10. The monoisotopic (exact) mass is 532 g/mol. The largest absolute Gasteiger partial charge is 0.367 e. The van der Waals surface area contributed by atoms with Crippen LogP contribution < -0.4 is 5.32 Å². The number of amidine groups is 6. The fourth-order valence-corrected chi connectivity index (χ4v) is 5.39. The van der Waals surface area contributed by atoms with Crippen molar-refractivity contribution in [2.75, 3.05) is 0 Å². The summed E-state index contributed by atoms with van der Waals surface area (Å²) in [4.78, 5) is 42.5. The first kappa shape index (κ1) is 24.7. The predicted molar refractivity (Wildman–Crippen MR) is 160 cm³/mol. The van der Waals surface area contributed by atoms with Crippen LogP contribution >= 0.6 is 0 Å². The van der Waals surface area contributed by atoms with Gasteiger partial charge in [0.25, 0.3) is 0 Å². The SMILES string of the molecule is CC1(C)C2=NC3=NC(=Nc4nc(c5cc[nH]cc4-5)N=C4N=C(NC(=N2)C1(C)C)C(C)(C)C4(C)C)c1cnccc13. The van der Waals surface area contributed by atoms with Crippen molar-refractivity contribution in [2.24, 2.45) is 51.6 Å². The van der Waals surface area contributed by atoms with Crippen LogP contribution in [-0.4, -0.2) is 50.0 Å². The summed E-state index contributed by atoms with van der Waals surface area (Å²) in [6.07, 6.45) is 7.28. The molecular weight excluding hydrogens is 500 g/mol. The van der Waals surface area contributed by atoms with Crippen LogP contribution in [0.5, 0.6) is 0 Å². The van der Waals surface area contributed by atoms with Crippen molar-refractivity contribution >= 4 is 46.6 Å². The lowest BCUT2D eigenvalue weighted by Crippen LogP contribution is -2.50. The first-order valence-corrected chi connectivity index (χ1v) is 13.5. The quantitative estimate of drug-likeness (QED) is 0.385. The number of H-pyrrole nitrogens is 1. The molecule has 1 aromatic rings. The number of hydrogen-bond acceptors (Lipinski definition) is 9. The summed E-state index contributed by atoms with van der Waals surface area (Å²) in [5.74, 6) is 5.24. The summed E-state index contributed by atoms with van der Waals surface area (Å²) in [5, 5.41) is 3.65. The number of aromatic nitrogens is 3. The van der Waals surface area contributed by atoms with Crippen LogP contribution in [-0.2, 0) is 0 Å². The first-order valence-electron chi connectivity index (χ1n) is 13.5. The van der Waals surface area contributed by atoms with Crippen LogP contribution in [0.3, 0.4) is 0 Å². The molecule has 202 valence electrons. The Kier molecular flexibility index (Phi) is 4.72. The summed E-state index contributed by atoms with van der Waals surface area (Å²) in [6, 6.07) is 3.89. The molecule has 0 saturated carbocycles. The number of rotatable bonds is 0. The van der Waals surface area contributed by atoms with Gasteiger partial charge in [-0.2, -0.15) is 0 Å². The van der Waals surface area contributed by atoms with E-state index >= 15 is 0 Å². The predicted octanol–water partition coefficient (Wildman–Crippen LogP) is 5.71.